The van der Waals surface area contributed by atoms with Crippen LogP contribution in [0, 0.1) is 34.6 Å². The van der Waals surface area contributed by atoms with Crippen LogP contribution in [0.3, 0.4) is 0 Å². The Kier molecular flexibility index (Phi) is 63.9. The molecule has 1 aromatic rings. The van der Waals surface area contributed by atoms with Crippen molar-refractivity contribution in [3.63, 3.8) is 0 Å². The quantitative estimate of drug-likeness (QED) is 0.436. The molecule has 140 valence electrons. The molecule has 0 aromatic heterocycles. The Morgan fingerprint density at radius 2 is 0.792 bits per heavy atom. The maximum absolute atomic E-state index is 3.60. The van der Waals surface area contributed by atoms with E-state index in [-0.39, 0.29) is 26.2 Å². The van der Waals surface area contributed by atoms with Crippen molar-refractivity contribution in [3.8, 4) is 0 Å². The Morgan fingerprint density at radius 3 is 0.875 bits per heavy atom. The molecule has 1 aromatic carbocycles. The average Bonchev–Trinajstić information content (AvgIpc) is 2.63. The number of rotatable bonds is 4. The van der Waals surface area contributed by atoms with Crippen LogP contribution in [-0.4, -0.2) is 0 Å². The maximum Gasteiger partial charge on any atom is 4.00 e. The van der Waals surface area contributed by atoms with E-state index in [1.165, 1.54) is 31.2 Å². The zero-order chi connectivity index (χ0) is 18.8. The Balaban J connectivity index is -0.0000000641. The molecule has 0 amide bonds. The molecule has 24 heavy (non-hydrogen) atoms. The summed E-state index contributed by atoms with van der Waals surface area (Å²) in [6.07, 6.45) is 9.11. The average molecular weight is 412 g/mol. The summed E-state index contributed by atoms with van der Waals surface area (Å²) in [5.41, 5.74) is 1.32. The molecule has 0 nitrogen and oxygen atoms in total. The third-order valence-corrected chi connectivity index (χ3v) is 2.35. The van der Waals surface area contributed by atoms with Gasteiger partial charge < -0.3 is 27.7 Å². The molecule has 0 bridgehead atoms. The molecule has 0 N–H and O–H groups in total. The van der Waals surface area contributed by atoms with Gasteiger partial charge in [0.25, 0.3) is 0 Å². The van der Waals surface area contributed by atoms with Crippen LogP contribution < -0.4 is 0 Å². The second-order valence-electron chi connectivity index (χ2n) is 5.07. The van der Waals surface area contributed by atoms with Gasteiger partial charge in [-0.05, 0) is 6.92 Å². The summed E-state index contributed by atoms with van der Waals surface area (Å²) in [6, 6.07) is 10.3. The molecule has 0 fully saturated rings. The monoisotopic (exact) mass is 410 g/mol. The smallest absolute Gasteiger partial charge is 0.343 e. The van der Waals surface area contributed by atoms with E-state index in [2.05, 4.69) is 74.4 Å². The molecular weight excluding hydrogens is 367 g/mol. The Labute approximate surface area is 175 Å². The fourth-order valence-corrected chi connectivity index (χ4v) is 0.534. The van der Waals surface area contributed by atoms with Crippen molar-refractivity contribution in [3.05, 3.63) is 63.6 Å². The summed E-state index contributed by atoms with van der Waals surface area (Å²) in [5.74, 6) is 0. The van der Waals surface area contributed by atoms with Crippen LogP contribution in [0.25, 0.3) is 0 Å². The molecule has 0 aliphatic heterocycles. The first-order valence-electron chi connectivity index (χ1n) is 9.24. The Bertz CT molecular complexity index is 207. The minimum Gasteiger partial charge on any atom is -0.343 e. The molecular formula is C23H44Zr. The SMILES string of the molecule is Cc1ccccc1.[CH2-]CCC.[CH2-]CCC.[CH2-]CCC.[CH2-]CCC.[Zr+4]. The molecule has 0 heterocycles. The van der Waals surface area contributed by atoms with E-state index in [0.717, 1.165) is 25.7 Å². The molecule has 1 heteroatoms. The van der Waals surface area contributed by atoms with Crippen molar-refractivity contribution in [2.45, 2.75) is 86.0 Å². The summed E-state index contributed by atoms with van der Waals surface area (Å²) in [7, 11) is 0. The van der Waals surface area contributed by atoms with Crippen LogP contribution in [0.1, 0.15) is 84.6 Å². The number of aryl methyl sites for hydroxylation is 1. The van der Waals surface area contributed by atoms with Gasteiger partial charge in [-0.15, -0.1) is 0 Å². The van der Waals surface area contributed by atoms with E-state index < -0.39 is 0 Å². The number of hydrogen-bond acceptors (Lipinski definition) is 0. The van der Waals surface area contributed by atoms with E-state index in [9.17, 15) is 0 Å². The van der Waals surface area contributed by atoms with Crippen molar-refractivity contribution in [1.29, 1.82) is 0 Å². The fourth-order valence-electron chi connectivity index (χ4n) is 0.534. The Morgan fingerprint density at radius 1 is 0.583 bits per heavy atom. The van der Waals surface area contributed by atoms with Crippen LogP contribution >= 0.6 is 0 Å². The first-order chi connectivity index (χ1) is 11.1. The number of unbranched alkanes of at least 4 members (excludes halogenated alkanes) is 4. The molecule has 0 spiro atoms. The van der Waals surface area contributed by atoms with Crippen LogP contribution in [0.5, 0.6) is 0 Å². The molecule has 0 saturated heterocycles. The first kappa shape index (κ1) is 35.3. The third kappa shape index (κ3) is 67.2. The van der Waals surface area contributed by atoms with Gasteiger partial charge in [0.05, 0.1) is 0 Å². The topological polar surface area (TPSA) is 0 Å². The van der Waals surface area contributed by atoms with E-state index >= 15 is 0 Å². The Hall–Kier alpha value is 0.103. The molecule has 0 atom stereocenters. The van der Waals surface area contributed by atoms with Crippen LogP contribution in [-0.2, 0) is 26.2 Å². The molecule has 0 saturated carbocycles. The normalized spacial score (nSPS) is 7.54. The minimum absolute atomic E-state index is 0. The zero-order valence-electron chi connectivity index (χ0n) is 17.4. The summed E-state index contributed by atoms with van der Waals surface area (Å²) in [5, 5.41) is 0. The fraction of sp³-hybridized carbons (Fsp3) is 0.565. The van der Waals surface area contributed by atoms with Gasteiger partial charge in [0, 0.05) is 0 Å². The van der Waals surface area contributed by atoms with Crippen LogP contribution in [0.15, 0.2) is 30.3 Å². The summed E-state index contributed by atoms with van der Waals surface area (Å²) in [6.45, 7) is 25.0. The third-order valence-electron chi connectivity index (χ3n) is 2.35. The molecule has 0 unspecified atom stereocenters. The predicted molar refractivity (Wildman–Crippen MR) is 112 cm³/mol. The number of hydrogen-bond donors (Lipinski definition) is 0. The van der Waals surface area contributed by atoms with Gasteiger partial charge in [-0.2, -0.15) is 25.7 Å². The van der Waals surface area contributed by atoms with E-state index in [0.29, 0.717) is 0 Å². The molecule has 0 aliphatic rings. The van der Waals surface area contributed by atoms with Gasteiger partial charge in [0.2, 0.25) is 0 Å². The van der Waals surface area contributed by atoms with Crippen molar-refractivity contribution >= 4 is 0 Å². The van der Waals surface area contributed by atoms with Gasteiger partial charge in [-0.1, -0.05) is 89.3 Å². The molecule has 0 radical (unpaired) electrons. The minimum atomic E-state index is 0. The van der Waals surface area contributed by atoms with Gasteiger partial charge in [-0.3, -0.25) is 0 Å². The molecule has 1 rings (SSSR count). The van der Waals surface area contributed by atoms with Crippen LogP contribution in [0.4, 0.5) is 0 Å². The van der Waals surface area contributed by atoms with Gasteiger partial charge in [0.15, 0.2) is 0 Å². The van der Waals surface area contributed by atoms with Gasteiger partial charge in [-0.25, -0.2) is 0 Å². The van der Waals surface area contributed by atoms with E-state index in [1.54, 1.807) is 0 Å². The predicted octanol–water partition coefficient (Wildman–Crippen LogP) is 8.47. The van der Waals surface area contributed by atoms with Gasteiger partial charge >= 0.3 is 26.2 Å². The van der Waals surface area contributed by atoms with E-state index in [1.807, 2.05) is 18.2 Å². The zero-order valence-corrected chi connectivity index (χ0v) is 19.8. The molecule has 0 aliphatic carbocycles. The summed E-state index contributed by atoms with van der Waals surface area (Å²) < 4.78 is 0. The van der Waals surface area contributed by atoms with Crippen molar-refractivity contribution in [1.82, 2.24) is 0 Å². The van der Waals surface area contributed by atoms with Crippen molar-refractivity contribution in [2.75, 3.05) is 0 Å². The maximum atomic E-state index is 3.60. The number of benzene rings is 1. The van der Waals surface area contributed by atoms with Crippen molar-refractivity contribution < 1.29 is 26.2 Å². The van der Waals surface area contributed by atoms with E-state index in [4.69, 9.17) is 0 Å². The standard InChI is InChI=1S/C7H8.4C4H9.Zr/c1-7-5-3-2-4-6-7;4*1-3-4-2;/h2-6H,1H3;4*1,3-4H2,2H3;/q;4*-1;+4. The van der Waals surface area contributed by atoms with Crippen LogP contribution in [0.2, 0.25) is 0 Å². The second-order valence-corrected chi connectivity index (χ2v) is 5.07. The second kappa shape index (κ2) is 43.5. The van der Waals surface area contributed by atoms with Gasteiger partial charge in [0.1, 0.15) is 0 Å². The first-order valence-corrected chi connectivity index (χ1v) is 9.24. The summed E-state index contributed by atoms with van der Waals surface area (Å²) >= 11 is 0. The largest absolute Gasteiger partial charge is 4.00 e. The van der Waals surface area contributed by atoms with Crippen molar-refractivity contribution in [2.24, 2.45) is 0 Å². The summed E-state index contributed by atoms with van der Waals surface area (Å²) in [4.78, 5) is 0.